The number of nitrogens with one attached hydrogen (secondary N) is 1. The van der Waals surface area contributed by atoms with E-state index in [1.54, 1.807) is 4.90 Å². The van der Waals surface area contributed by atoms with Crippen LogP contribution in [0.3, 0.4) is 0 Å². The van der Waals surface area contributed by atoms with Crippen LogP contribution in [0.4, 0.5) is 4.79 Å². The van der Waals surface area contributed by atoms with E-state index in [1.807, 2.05) is 0 Å². The summed E-state index contributed by atoms with van der Waals surface area (Å²) in [6, 6.07) is 0.333. The molecular formula is C14H28N2O2. The minimum Gasteiger partial charge on any atom is -0.465 e. The monoisotopic (exact) mass is 256 g/mol. The minimum atomic E-state index is -0.786. The lowest BCUT2D eigenvalue weighted by Gasteiger charge is -2.47. The van der Waals surface area contributed by atoms with Gasteiger partial charge in [0.15, 0.2) is 0 Å². The molecule has 0 radical (unpaired) electrons. The van der Waals surface area contributed by atoms with Gasteiger partial charge in [-0.15, -0.1) is 0 Å². The summed E-state index contributed by atoms with van der Waals surface area (Å²) >= 11 is 0. The summed E-state index contributed by atoms with van der Waals surface area (Å²) in [4.78, 5) is 13.0. The van der Waals surface area contributed by atoms with Crippen LogP contribution in [0.25, 0.3) is 0 Å². The highest BCUT2D eigenvalue weighted by Gasteiger charge is 2.41. The van der Waals surface area contributed by atoms with Gasteiger partial charge in [0.2, 0.25) is 0 Å². The highest BCUT2D eigenvalue weighted by molar-refractivity contribution is 5.66. The van der Waals surface area contributed by atoms with E-state index in [2.05, 4.69) is 39.9 Å². The van der Waals surface area contributed by atoms with Crippen molar-refractivity contribution in [2.24, 2.45) is 11.3 Å². The zero-order chi connectivity index (χ0) is 13.9. The summed E-state index contributed by atoms with van der Waals surface area (Å²) in [6.07, 6.45) is 1.23. The van der Waals surface area contributed by atoms with Crippen LogP contribution in [-0.4, -0.2) is 41.3 Å². The molecule has 4 nitrogen and oxygen atoms in total. The molecule has 2 atom stereocenters. The lowest BCUT2D eigenvalue weighted by Crippen LogP contribution is -2.61. The molecule has 1 unspecified atom stereocenters. The van der Waals surface area contributed by atoms with Crippen molar-refractivity contribution in [1.29, 1.82) is 0 Å². The van der Waals surface area contributed by atoms with Gasteiger partial charge in [-0.05, 0) is 30.7 Å². The van der Waals surface area contributed by atoms with Crippen molar-refractivity contribution in [3.8, 4) is 0 Å². The van der Waals surface area contributed by atoms with Crippen LogP contribution in [0.5, 0.6) is 0 Å². The van der Waals surface area contributed by atoms with Crippen molar-refractivity contribution >= 4 is 6.09 Å². The van der Waals surface area contributed by atoms with Crippen molar-refractivity contribution in [3.63, 3.8) is 0 Å². The summed E-state index contributed by atoms with van der Waals surface area (Å²) < 4.78 is 0. The van der Waals surface area contributed by atoms with Crippen LogP contribution >= 0.6 is 0 Å². The summed E-state index contributed by atoms with van der Waals surface area (Å²) in [5.74, 6) is 0.589. The van der Waals surface area contributed by atoms with Crippen LogP contribution in [0.1, 0.15) is 47.5 Å². The average Bonchev–Trinajstić information content (AvgIpc) is 2.24. The number of hydrogen-bond donors (Lipinski definition) is 2. The molecule has 1 aliphatic rings. The van der Waals surface area contributed by atoms with Crippen molar-refractivity contribution in [2.45, 2.75) is 59.5 Å². The van der Waals surface area contributed by atoms with E-state index in [9.17, 15) is 9.90 Å². The molecule has 18 heavy (non-hydrogen) atoms. The fraction of sp³-hybridized carbons (Fsp3) is 0.929. The molecule has 106 valence electrons. The quantitative estimate of drug-likeness (QED) is 0.816. The van der Waals surface area contributed by atoms with Crippen molar-refractivity contribution in [3.05, 3.63) is 0 Å². The zero-order valence-electron chi connectivity index (χ0n) is 12.4. The number of carboxylic acid groups (broad SMARTS) is 1. The molecule has 1 heterocycles. The van der Waals surface area contributed by atoms with Gasteiger partial charge in [-0.2, -0.15) is 0 Å². The second-order valence-electron chi connectivity index (χ2n) is 6.84. The van der Waals surface area contributed by atoms with Crippen LogP contribution in [0.15, 0.2) is 0 Å². The van der Waals surface area contributed by atoms with E-state index in [0.29, 0.717) is 12.5 Å². The van der Waals surface area contributed by atoms with E-state index in [4.69, 9.17) is 0 Å². The van der Waals surface area contributed by atoms with Gasteiger partial charge in [0.1, 0.15) is 0 Å². The molecule has 0 bridgehead atoms. The topological polar surface area (TPSA) is 52.6 Å². The van der Waals surface area contributed by atoms with Gasteiger partial charge in [0.25, 0.3) is 0 Å². The fourth-order valence-corrected chi connectivity index (χ4v) is 2.88. The molecule has 1 fully saturated rings. The first-order chi connectivity index (χ1) is 8.23. The Morgan fingerprint density at radius 2 is 2.06 bits per heavy atom. The summed E-state index contributed by atoms with van der Waals surface area (Å²) in [7, 11) is 0. The van der Waals surface area contributed by atoms with Crippen molar-refractivity contribution in [2.75, 3.05) is 13.1 Å². The second-order valence-corrected chi connectivity index (χ2v) is 6.84. The van der Waals surface area contributed by atoms with E-state index in [1.165, 1.54) is 0 Å². The molecule has 1 saturated heterocycles. The molecule has 0 aromatic carbocycles. The maximum atomic E-state index is 11.4. The van der Waals surface area contributed by atoms with Gasteiger partial charge < -0.3 is 15.3 Å². The van der Waals surface area contributed by atoms with Gasteiger partial charge in [-0.1, -0.05) is 34.6 Å². The lowest BCUT2D eigenvalue weighted by molar-refractivity contribution is 0.0370. The van der Waals surface area contributed by atoms with E-state index in [-0.39, 0.29) is 17.5 Å². The predicted molar refractivity (Wildman–Crippen MR) is 73.8 cm³/mol. The van der Waals surface area contributed by atoms with Crippen molar-refractivity contribution < 1.29 is 9.90 Å². The Hall–Kier alpha value is -0.770. The van der Waals surface area contributed by atoms with Gasteiger partial charge in [-0.25, -0.2) is 4.79 Å². The first-order valence-corrected chi connectivity index (χ1v) is 6.96. The van der Waals surface area contributed by atoms with Gasteiger partial charge in [-0.3, -0.25) is 0 Å². The van der Waals surface area contributed by atoms with E-state index >= 15 is 0 Å². The fourth-order valence-electron chi connectivity index (χ4n) is 2.88. The van der Waals surface area contributed by atoms with Crippen LogP contribution in [0.2, 0.25) is 0 Å². The first-order valence-electron chi connectivity index (χ1n) is 6.96. The summed E-state index contributed by atoms with van der Waals surface area (Å²) in [5.41, 5.74) is -0.0343. The van der Waals surface area contributed by atoms with E-state index in [0.717, 1.165) is 19.4 Å². The molecular weight excluding hydrogens is 228 g/mol. The number of amides is 1. The highest BCUT2D eigenvalue weighted by atomic mass is 16.4. The first kappa shape index (κ1) is 15.3. The number of likely N-dealkylation sites (tertiary alicyclic amines) is 1. The number of nitrogens with zero attached hydrogens (tertiary/aromatic N) is 1. The minimum absolute atomic E-state index is 0.0343. The van der Waals surface area contributed by atoms with Crippen molar-refractivity contribution in [1.82, 2.24) is 10.2 Å². The van der Waals surface area contributed by atoms with Gasteiger partial charge in [0, 0.05) is 12.6 Å². The summed E-state index contributed by atoms with van der Waals surface area (Å²) in [5, 5.41) is 12.9. The van der Waals surface area contributed by atoms with Crippen LogP contribution in [-0.2, 0) is 0 Å². The molecule has 0 saturated carbocycles. The Morgan fingerprint density at radius 1 is 1.44 bits per heavy atom. The Labute approximate surface area is 111 Å². The Kier molecular flexibility index (Phi) is 5.02. The molecule has 0 aromatic rings. The maximum Gasteiger partial charge on any atom is 0.407 e. The predicted octanol–water partition coefficient (Wildman–Crippen LogP) is 2.79. The third-order valence-electron chi connectivity index (χ3n) is 3.55. The van der Waals surface area contributed by atoms with Crippen LogP contribution < -0.4 is 5.32 Å². The smallest absolute Gasteiger partial charge is 0.407 e. The van der Waals surface area contributed by atoms with Crippen LogP contribution in [0, 0.1) is 11.3 Å². The second kappa shape index (κ2) is 5.91. The lowest BCUT2D eigenvalue weighted by atomic mass is 9.77. The number of carbonyl (C=O) groups is 1. The number of piperidine rings is 1. The molecule has 1 rings (SSSR count). The van der Waals surface area contributed by atoms with Gasteiger partial charge in [0.05, 0.1) is 6.04 Å². The highest BCUT2D eigenvalue weighted by Crippen LogP contribution is 2.32. The largest absolute Gasteiger partial charge is 0.465 e. The molecule has 0 spiro atoms. The normalized spacial score (nSPS) is 25.6. The number of hydrogen-bond acceptors (Lipinski definition) is 2. The summed E-state index contributed by atoms with van der Waals surface area (Å²) in [6.45, 7) is 12.4. The Morgan fingerprint density at radius 3 is 2.50 bits per heavy atom. The molecule has 2 N–H and O–H groups in total. The molecule has 0 aliphatic carbocycles. The van der Waals surface area contributed by atoms with Gasteiger partial charge >= 0.3 is 6.09 Å². The molecule has 1 amide bonds. The van der Waals surface area contributed by atoms with E-state index < -0.39 is 6.09 Å². The maximum absolute atomic E-state index is 11.4. The molecule has 4 heteroatoms. The standard InChI is InChI=1S/C14H28N2O2/c1-10(2)9-15-11-7-6-8-16(13(17)18)12(11)14(3,4)5/h10-12,15H,6-9H2,1-5H3,(H,17,18)/t11-,12?/m0/s1. The Bertz CT molecular complexity index is 284. The number of rotatable bonds is 3. The molecule has 1 aliphatic heterocycles. The third-order valence-corrected chi connectivity index (χ3v) is 3.55. The third kappa shape index (κ3) is 3.87. The average molecular weight is 256 g/mol. The Balaban J connectivity index is 2.82. The molecule has 0 aromatic heterocycles. The SMILES string of the molecule is CC(C)CN[C@H]1CCCN(C(=O)O)C1C(C)(C)C. The zero-order valence-corrected chi connectivity index (χ0v) is 12.4.